The smallest absolute Gasteiger partial charge is 0.255 e. The Hall–Kier alpha value is -2.59. The third kappa shape index (κ3) is 4.49. The van der Waals surface area contributed by atoms with E-state index in [-0.39, 0.29) is 55.4 Å². The van der Waals surface area contributed by atoms with Crippen LogP contribution in [0.4, 0.5) is 8.78 Å². The molecule has 194 valence electrons. The Morgan fingerprint density at radius 3 is 2.53 bits per heavy atom. The maximum Gasteiger partial charge on any atom is 0.255 e. The SMILES string of the molecule is O=C1CCC(N2Cc3cc(O[C@@H]4CCCC[C@@H]4N4CC(OC5CC(F)(F)C5)C4)ccc3C2=O)C(=O)N1. The largest absolute Gasteiger partial charge is 0.489 e. The van der Waals surface area contributed by atoms with E-state index in [1.165, 1.54) is 4.90 Å². The van der Waals surface area contributed by atoms with Crippen molar-refractivity contribution >= 4 is 17.7 Å². The Morgan fingerprint density at radius 1 is 1.00 bits per heavy atom. The van der Waals surface area contributed by atoms with Crippen LogP contribution in [0.25, 0.3) is 0 Å². The van der Waals surface area contributed by atoms with Gasteiger partial charge >= 0.3 is 0 Å². The molecule has 36 heavy (non-hydrogen) atoms. The van der Waals surface area contributed by atoms with Crippen molar-refractivity contribution in [2.45, 2.75) is 94.2 Å². The fourth-order valence-corrected chi connectivity index (χ4v) is 6.23. The van der Waals surface area contributed by atoms with Gasteiger partial charge in [-0.15, -0.1) is 0 Å². The van der Waals surface area contributed by atoms with Crippen LogP contribution in [0.1, 0.15) is 67.3 Å². The highest BCUT2D eigenvalue weighted by Gasteiger charge is 2.49. The second-order valence-electron chi connectivity index (χ2n) is 10.8. The zero-order valence-electron chi connectivity index (χ0n) is 20.1. The maximum absolute atomic E-state index is 13.1. The first-order chi connectivity index (χ1) is 17.3. The lowest BCUT2D eigenvalue weighted by Gasteiger charge is -2.50. The van der Waals surface area contributed by atoms with Gasteiger partial charge in [-0.2, -0.15) is 0 Å². The van der Waals surface area contributed by atoms with Crippen molar-refractivity contribution in [3.05, 3.63) is 29.3 Å². The number of ether oxygens (including phenoxy) is 2. The zero-order valence-corrected chi connectivity index (χ0v) is 20.1. The van der Waals surface area contributed by atoms with Gasteiger partial charge in [-0.3, -0.25) is 24.6 Å². The van der Waals surface area contributed by atoms with Gasteiger partial charge in [0.15, 0.2) is 0 Å². The maximum atomic E-state index is 13.1. The predicted molar refractivity (Wildman–Crippen MR) is 124 cm³/mol. The molecule has 3 heterocycles. The lowest BCUT2D eigenvalue weighted by molar-refractivity contribution is -0.207. The number of rotatable bonds is 6. The van der Waals surface area contributed by atoms with Crippen molar-refractivity contribution in [2.75, 3.05) is 13.1 Å². The molecule has 3 atom stereocenters. The Kier molecular flexibility index (Phi) is 5.99. The van der Waals surface area contributed by atoms with E-state index in [0.717, 1.165) is 44.3 Å². The molecule has 6 rings (SSSR count). The fourth-order valence-electron chi connectivity index (χ4n) is 6.23. The van der Waals surface area contributed by atoms with Gasteiger partial charge in [0.05, 0.1) is 12.2 Å². The van der Waals surface area contributed by atoms with E-state index < -0.39 is 17.9 Å². The van der Waals surface area contributed by atoms with Crippen LogP contribution in [-0.4, -0.2) is 76.9 Å². The Labute approximate surface area is 208 Å². The minimum absolute atomic E-state index is 0.00845. The Bertz CT molecular complexity index is 1070. The van der Waals surface area contributed by atoms with Crippen LogP contribution < -0.4 is 10.1 Å². The monoisotopic (exact) mass is 503 g/mol. The normalized spacial score (nSPS) is 31.0. The standard InChI is InChI=1S/C26H31F2N3O5/c27-26(28)10-17(11-26)35-18-13-30(14-18)20-3-1-2-4-22(20)36-16-5-6-19-15(9-16)12-31(25(19)34)21-7-8-23(32)29-24(21)33/h5-6,9,17-18,20-22H,1-4,7-8,10-14H2,(H,29,32,33)/t20-,21?,22+/m0/s1. The highest BCUT2D eigenvalue weighted by Crippen LogP contribution is 2.41. The average Bonchev–Trinajstić information content (AvgIpc) is 3.11. The topological polar surface area (TPSA) is 88.2 Å². The third-order valence-corrected chi connectivity index (χ3v) is 8.23. The lowest BCUT2D eigenvalue weighted by Crippen LogP contribution is -2.62. The van der Waals surface area contributed by atoms with Crippen LogP contribution in [0.3, 0.4) is 0 Å². The van der Waals surface area contributed by atoms with Gasteiger partial charge in [-0.05, 0) is 49.4 Å². The molecule has 8 nitrogen and oxygen atoms in total. The molecule has 5 aliphatic rings. The molecule has 10 heteroatoms. The van der Waals surface area contributed by atoms with Gasteiger partial charge in [0.1, 0.15) is 17.9 Å². The first-order valence-electron chi connectivity index (χ1n) is 13.0. The molecular formula is C26H31F2N3O5. The molecule has 1 aromatic carbocycles. The van der Waals surface area contributed by atoms with Gasteiger partial charge in [-0.1, -0.05) is 6.42 Å². The molecule has 3 aliphatic heterocycles. The molecule has 4 fully saturated rings. The number of carbonyl (C=O) groups excluding carboxylic acids is 3. The van der Waals surface area contributed by atoms with Crippen LogP contribution >= 0.6 is 0 Å². The summed E-state index contributed by atoms with van der Waals surface area (Å²) in [7, 11) is 0. The van der Waals surface area contributed by atoms with Gasteiger partial charge in [0.2, 0.25) is 11.8 Å². The van der Waals surface area contributed by atoms with E-state index in [0.29, 0.717) is 24.3 Å². The summed E-state index contributed by atoms with van der Waals surface area (Å²) in [5.74, 6) is -2.78. The van der Waals surface area contributed by atoms with Crippen molar-refractivity contribution in [3.63, 3.8) is 0 Å². The van der Waals surface area contributed by atoms with Crippen molar-refractivity contribution in [2.24, 2.45) is 0 Å². The van der Waals surface area contributed by atoms with Crippen molar-refractivity contribution < 1.29 is 32.6 Å². The molecule has 2 saturated carbocycles. The number of hydrogen-bond donors (Lipinski definition) is 1. The summed E-state index contributed by atoms with van der Waals surface area (Å²) in [6.45, 7) is 1.80. The highest BCUT2D eigenvalue weighted by atomic mass is 19.3. The Morgan fingerprint density at radius 2 is 1.78 bits per heavy atom. The van der Waals surface area contributed by atoms with Crippen molar-refractivity contribution in [1.29, 1.82) is 0 Å². The van der Waals surface area contributed by atoms with Crippen LogP contribution in [-0.2, 0) is 20.9 Å². The summed E-state index contributed by atoms with van der Waals surface area (Å²) in [5.41, 5.74) is 1.39. The molecule has 2 aliphatic carbocycles. The van der Waals surface area contributed by atoms with Crippen LogP contribution in [0.15, 0.2) is 18.2 Å². The van der Waals surface area contributed by atoms with Crippen molar-refractivity contribution in [1.82, 2.24) is 15.1 Å². The number of piperidine rings is 1. The second-order valence-corrected chi connectivity index (χ2v) is 10.8. The van der Waals surface area contributed by atoms with Crippen LogP contribution in [0.2, 0.25) is 0 Å². The van der Waals surface area contributed by atoms with E-state index in [9.17, 15) is 23.2 Å². The summed E-state index contributed by atoms with van der Waals surface area (Å²) in [5, 5.41) is 2.33. The number of halogens is 2. The fraction of sp³-hybridized carbons (Fsp3) is 0.654. The number of alkyl halides is 2. The molecule has 1 unspecified atom stereocenters. The lowest BCUT2D eigenvalue weighted by atomic mass is 9.88. The van der Waals surface area contributed by atoms with E-state index in [2.05, 4.69) is 10.2 Å². The van der Waals surface area contributed by atoms with E-state index in [1.54, 1.807) is 6.07 Å². The van der Waals surface area contributed by atoms with Crippen molar-refractivity contribution in [3.8, 4) is 5.75 Å². The Balaban J connectivity index is 1.07. The summed E-state index contributed by atoms with van der Waals surface area (Å²) in [6.07, 6.45) is 4.09. The quantitative estimate of drug-likeness (QED) is 0.601. The van der Waals surface area contributed by atoms with Gasteiger partial charge in [0.25, 0.3) is 11.8 Å². The predicted octanol–water partition coefficient (Wildman–Crippen LogP) is 2.64. The number of imide groups is 1. The molecule has 0 radical (unpaired) electrons. The highest BCUT2D eigenvalue weighted by molar-refractivity contribution is 6.05. The van der Waals surface area contributed by atoms with E-state index >= 15 is 0 Å². The molecule has 0 bridgehead atoms. The average molecular weight is 504 g/mol. The molecule has 1 aromatic rings. The molecular weight excluding hydrogens is 472 g/mol. The van der Waals surface area contributed by atoms with E-state index in [1.807, 2.05) is 12.1 Å². The minimum atomic E-state index is -2.56. The zero-order chi connectivity index (χ0) is 25.0. The van der Waals surface area contributed by atoms with Crippen LogP contribution in [0.5, 0.6) is 5.75 Å². The molecule has 1 N–H and O–H groups in total. The first kappa shape index (κ1) is 23.8. The van der Waals surface area contributed by atoms with Crippen LogP contribution in [0, 0.1) is 0 Å². The molecule has 0 aromatic heterocycles. The second kappa shape index (κ2) is 9.06. The number of fused-ring (bicyclic) bond motifs is 1. The third-order valence-electron chi connectivity index (χ3n) is 8.23. The number of hydrogen-bond acceptors (Lipinski definition) is 6. The molecule has 3 amide bonds. The summed E-state index contributed by atoms with van der Waals surface area (Å²) < 4.78 is 38.4. The molecule has 2 saturated heterocycles. The number of amides is 3. The first-order valence-corrected chi connectivity index (χ1v) is 13.0. The summed E-state index contributed by atoms with van der Waals surface area (Å²) in [6, 6.07) is 5.08. The summed E-state index contributed by atoms with van der Waals surface area (Å²) in [4.78, 5) is 40.6. The number of carbonyl (C=O) groups is 3. The van der Waals surface area contributed by atoms with Gasteiger partial charge in [0, 0.05) is 50.5 Å². The molecule has 0 spiro atoms. The summed E-state index contributed by atoms with van der Waals surface area (Å²) >= 11 is 0. The number of likely N-dealkylation sites (tertiary alicyclic amines) is 1. The number of nitrogens with one attached hydrogen (secondary N) is 1. The minimum Gasteiger partial charge on any atom is -0.489 e. The number of benzene rings is 1. The van der Waals surface area contributed by atoms with Gasteiger partial charge < -0.3 is 14.4 Å². The van der Waals surface area contributed by atoms with E-state index in [4.69, 9.17) is 9.47 Å². The number of nitrogens with zero attached hydrogens (tertiary/aromatic N) is 2. The van der Waals surface area contributed by atoms with Gasteiger partial charge in [-0.25, -0.2) is 8.78 Å².